The zero-order chi connectivity index (χ0) is 18.1. The first kappa shape index (κ1) is 18.1. The first-order valence-electron chi connectivity index (χ1n) is 7.76. The molecule has 2 rings (SSSR count). The van der Waals surface area contributed by atoms with Crippen LogP contribution in [0.15, 0.2) is 34.9 Å². The van der Waals surface area contributed by atoms with Crippen LogP contribution in [0.25, 0.3) is 0 Å². The fourth-order valence-corrected chi connectivity index (χ4v) is 3.74. The van der Waals surface area contributed by atoms with Crippen LogP contribution < -0.4 is 5.73 Å². The van der Waals surface area contributed by atoms with Crippen molar-refractivity contribution in [3.8, 4) is 6.07 Å². The van der Waals surface area contributed by atoms with Gasteiger partial charge in [0.25, 0.3) is 0 Å². The number of rotatable bonds is 3. The molecule has 2 heterocycles. The maximum Gasteiger partial charge on any atom is 0.338 e. The molecule has 0 radical (unpaired) electrons. The van der Waals surface area contributed by atoms with Crippen LogP contribution >= 0.6 is 11.3 Å². The van der Waals surface area contributed by atoms with Gasteiger partial charge in [0, 0.05) is 9.75 Å². The van der Waals surface area contributed by atoms with Crippen molar-refractivity contribution in [3.63, 3.8) is 0 Å². The number of thiophene rings is 1. The summed E-state index contributed by atoms with van der Waals surface area (Å²) in [5.74, 6) is -0.616. The largest absolute Gasteiger partial charge is 0.463 e. The second-order valence-corrected chi connectivity index (χ2v) is 7.68. The van der Waals surface area contributed by atoms with Crippen molar-refractivity contribution in [3.05, 3.63) is 44.7 Å². The highest BCUT2D eigenvalue weighted by Gasteiger charge is 2.37. The number of ether oxygens (including phenoxy) is 2. The van der Waals surface area contributed by atoms with Gasteiger partial charge in [0.2, 0.25) is 5.88 Å². The van der Waals surface area contributed by atoms with Gasteiger partial charge in [-0.2, -0.15) is 5.26 Å². The van der Waals surface area contributed by atoms with Crippen molar-refractivity contribution < 1.29 is 14.3 Å². The van der Waals surface area contributed by atoms with E-state index in [0.717, 1.165) is 4.88 Å². The number of carbonyl (C=O) groups excluding carboxylic acids is 1. The summed E-state index contributed by atoms with van der Waals surface area (Å²) >= 11 is 1.57. The van der Waals surface area contributed by atoms with E-state index in [4.69, 9.17) is 15.2 Å². The highest BCUT2D eigenvalue weighted by atomic mass is 32.1. The topological polar surface area (TPSA) is 85.3 Å². The molecule has 0 fully saturated rings. The molecule has 0 saturated carbocycles. The van der Waals surface area contributed by atoms with Gasteiger partial charge < -0.3 is 15.2 Å². The van der Waals surface area contributed by atoms with Gasteiger partial charge in [0.15, 0.2) is 0 Å². The Kier molecular flexibility index (Phi) is 5.05. The Morgan fingerprint density at radius 2 is 2.12 bits per heavy atom. The second-order valence-electron chi connectivity index (χ2n) is 6.57. The fraction of sp³-hybridized carbons (Fsp3) is 0.444. The highest BCUT2D eigenvalue weighted by Crippen LogP contribution is 2.43. The van der Waals surface area contributed by atoms with Crippen molar-refractivity contribution in [2.24, 2.45) is 5.73 Å². The molecule has 1 aromatic rings. The molecule has 1 aliphatic heterocycles. The third-order valence-electron chi connectivity index (χ3n) is 3.75. The molecule has 128 valence electrons. The molecule has 24 heavy (non-hydrogen) atoms. The molecule has 2 N–H and O–H groups in total. The summed E-state index contributed by atoms with van der Waals surface area (Å²) in [5, 5.41) is 9.54. The Labute approximate surface area is 146 Å². The van der Waals surface area contributed by atoms with Gasteiger partial charge in [-0.15, -0.1) is 11.3 Å². The Morgan fingerprint density at radius 1 is 1.46 bits per heavy atom. The predicted molar refractivity (Wildman–Crippen MR) is 93.0 cm³/mol. The second kappa shape index (κ2) is 6.70. The maximum absolute atomic E-state index is 12.4. The Balaban J connectivity index is 2.58. The fourth-order valence-electron chi connectivity index (χ4n) is 2.55. The normalized spacial score (nSPS) is 18.2. The first-order chi connectivity index (χ1) is 11.2. The van der Waals surface area contributed by atoms with E-state index in [2.05, 4.69) is 26.8 Å². The van der Waals surface area contributed by atoms with Crippen LogP contribution in [-0.4, -0.2) is 12.6 Å². The molecule has 0 amide bonds. The van der Waals surface area contributed by atoms with Crippen molar-refractivity contribution in [1.29, 1.82) is 5.26 Å². The van der Waals surface area contributed by atoms with Gasteiger partial charge in [-0.3, -0.25) is 0 Å². The number of carbonyl (C=O) groups is 1. The summed E-state index contributed by atoms with van der Waals surface area (Å²) < 4.78 is 10.6. The van der Waals surface area contributed by atoms with E-state index >= 15 is 0 Å². The molecule has 0 aromatic carbocycles. The molecule has 0 aliphatic carbocycles. The summed E-state index contributed by atoms with van der Waals surface area (Å²) in [5.41, 5.74) is 6.45. The predicted octanol–water partition coefficient (Wildman–Crippen LogP) is 3.69. The number of nitrogens with zero attached hydrogens (tertiary/aromatic N) is 1. The minimum absolute atomic E-state index is 0.0149. The number of hydrogen-bond donors (Lipinski definition) is 1. The van der Waals surface area contributed by atoms with E-state index in [0.29, 0.717) is 11.3 Å². The lowest BCUT2D eigenvalue weighted by molar-refractivity contribution is -0.139. The van der Waals surface area contributed by atoms with Gasteiger partial charge in [0.1, 0.15) is 17.4 Å². The molecule has 1 atom stereocenters. The molecule has 0 spiro atoms. The number of nitrogens with two attached hydrogens (primary N) is 1. The summed E-state index contributed by atoms with van der Waals surface area (Å²) in [6.45, 7) is 10.0. The molecule has 1 aromatic heterocycles. The zero-order valence-corrected chi connectivity index (χ0v) is 15.4. The maximum atomic E-state index is 12.4. The van der Waals surface area contributed by atoms with E-state index in [-0.39, 0.29) is 23.5 Å². The molecule has 0 bridgehead atoms. The molecule has 0 saturated heterocycles. The Morgan fingerprint density at radius 3 is 2.62 bits per heavy atom. The molecular weight excluding hydrogens is 324 g/mol. The quantitative estimate of drug-likeness (QED) is 0.844. The average molecular weight is 346 g/mol. The SMILES string of the molecule is CCOC(=O)C1=C(C)OC(N)=C(C#N)[C@@H]1c1ccc(C(C)(C)C)s1. The number of nitriles is 1. The van der Waals surface area contributed by atoms with Gasteiger partial charge in [-0.25, -0.2) is 4.79 Å². The summed E-state index contributed by atoms with van der Waals surface area (Å²) in [7, 11) is 0. The third kappa shape index (κ3) is 3.31. The minimum Gasteiger partial charge on any atom is -0.463 e. The molecule has 6 heteroatoms. The average Bonchev–Trinajstić information content (AvgIpc) is 2.96. The monoisotopic (exact) mass is 346 g/mol. The summed E-state index contributed by atoms with van der Waals surface area (Å²) in [4.78, 5) is 14.5. The van der Waals surface area contributed by atoms with Crippen molar-refractivity contribution in [2.75, 3.05) is 6.61 Å². The van der Waals surface area contributed by atoms with Crippen LogP contribution in [0.2, 0.25) is 0 Å². The molecule has 5 nitrogen and oxygen atoms in total. The lowest BCUT2D eigenvalue weighted by Gasteiger charge is -2.26. The Hall–Kier alpha value is -2.26. The van der Waals surface area contributed by atoms with Crippen LogP contribution in [0.4, 0.5) is 0 Å². The minimum atomic E-state index is -0.552. The van der Waals surface area contributed by atoms with Crippen LogP contribution in [0.1, 0.15) is 50.3 Å². The number of esters is 1. The van der Waals surface area contributed by atoms with E-state index in [1.807, 2.05) is 12.1 Å². The van der Waals surface area contributed by atoms with E-state index < -0.39 is 11.9 Å². The zero-order valence-electron chi connectivity index (χ0n) is 14.6. The molecule has 1 aliphatic rings. The first-order valence-corrected chi connectivity index (χ1v) is 8.58. The van der Waals surface area contributed by atoms with Gasteiger partial charge in [-0.1, -0.05) is 20.8 Å². The van der Waals surface area contributed by atoms with Crippen molar-refractivity contribution in [1.82, 2.24) is 0 Å². The lowest BCUT2D eigenvalue weighted by Crippen LogP contribution is -2.25. The standard InChI is InChI=1S/C18H22N2O3S/c1-6-22-17(21)14-10(2)23-16(20)11(9-19)15(14)12-7-8-13(24-12)18(3,4)5/h7-8,15H,6,20H2,1-5H3/t15-/m1/s1. The number of allylic oxidation sites excluding steroid dienone is 2. The molecular formula is C18H22N2O3S. The summed E-state index contributed by atoms with van der Waals surface area (Å²) in [6.07, 6.45) is 0. The third-order valence-corrected chi connectivity index (χ3v) is 5.33. The Bertz CT molecular complexity index is 760. The van der Waals surface area contributed by atoms with Gasteiger partial charge in [-0.05, 0) is 31.4 Å². The van der Waals surface area contributed by atoms with Crippen molar-refractivity contribution >= 4 is 17.3 Å². The lowest BCUT2D eigenvalue weighted by atomic mass is 9.87. The smallest absolute Gasteiger partial charge is 0.338 e. The highest BCUT2D eigenvalue weighted by molar-refractivity contribution is 7.12. The van der Waals surface area contributed by atoms with Crippen LogP contribution in [-0.2, 0) is 19.7 Å². The van der Waals surface area contributed by atoms with E-state index in [1.54, 1.807) is 25.2 Å². The molecule has 0 unspecified atom stereocenters. The van der Waals surface area contributed by atoms with E-state index in [9.17, 15) is 10.1 Å². The van der Waals surface area contributed by atoms with Crippen LogP contribution in [0.3, 0.4) is 0 Å². The van der Waals surface area contributed by atoms with Gasteiger partial charge >= 0.3 is 5.97 Å². The van der Waals surface area contributed by atoms with Crippen LogP contribution in [0, 0.1) is 11.3 Å². The number of hydrogen-bond acceptors (Lipinski definition) is 6. The van der Waals surface area contributed by atoms with Crippen molar-refractivity contribution in [2.45, 2.75) is 46.0 Å². The summed E-state index contributed by atoms with van der Waals surface area (Å²) in [6, 6.07) is 6.06. The van der Waals surface area contributed by atoms with E-state index in [1.165, 1.54) is 4.88 Å². The van der Waals surface area contributed by atoms with Crippen LogP contribution in [0.5, 0.6) is 0 Å². The van der Waals surface area contributed by atoms with Gasteiger partial charge in [0.05, 0.1) is 18.1 Å².